The second-order valence-electron chi connectivity index (χ2n) is 6.51. The van der Waals surface area contributed by atoms with Crippen LogP contribution in [-0.2, 0) is 0 Å². The third kappa shape index (κ3) is 0.484. The summed E-state index contributed by atoms with van der Waals surface area (Å²) in [5, 5.41) is 0. The molecule has 0 aromatic heterocycles. The fourth-order valence-electron chi connectivity index (χ4n) is 5.43. The monoisotopic (exact) mass is 193 g/mol. The van der Waals surface area contributed by atoms with Gasteiger partial charge in [0.1, 0.15) is 0 Å². The van der Waals surface area contributed by atoms with Gasteiger partial charge in [0, 0.05) is 48.5 Å². The summed E-state index contributed by atoms with van der Waals surface area (Å²) >= 11 is 0. The Hall–Kier alpha value is -0.120. The Morgan fingerprint density at radius 3 is 2.00 bits per heavy atom. The van der Waals surface area contributed by atoms with Crippen molar-refractivity contribution in [1.29, 1.82) is 0 Å². The molecule has 3 heteroatoms. The summed E-state index contributed by atoms with van der Waals surface area (Å²) in [6, 6.07) is 0.422. The summed E-state index contributed by atoms with van der Waals surface area (Å²) in [6.45, 7) is 11.1. The maximum absolute atomic E-state index is 6.44. The van der Waals surface area contributed by atoms with Crippen LogP contribution in [0, 0.1) is 16.2 Å². The Balaban J connectivity index is 1.95. The van der Waals surface area contributed by atoms with Crippen molar-refractivity contribution in [3.63, 3.8) is 0 Å². The van der Waals surface area contributed by atoms with Crippen molar-refractivity contribution in [2.45, 2.75) is 19.9 Å². The van der Waals surface area contributed by atoms with Crippen LogP contribution >= 0.6 is 0 Å². The van der Waals surface area contributed by atoms with Gasteiger partial charge in [0.25, 0.3) is 0 Å². The molecule has 2 N–H and O–H groups in total. The van der Waals surface area contributed by atoms with Crippen molar-refractivity contribution >= 4 is 0 Å². The Kier molecular flexibility index (Phi) is 1.03. The van der Waals surface area contributed by atoms with Crippen LogP contribution in [-0.4, -0.2) is 48.7 Å². The minimum absolute atomic E-state index is 0.410. The first kappa shape index (κ1) is 8.08. The number of nitrogens with two attached hydrogens (primary N) is 1. The molecule has 0 aromatic carbocycles. The first-order chi connectivity index (χ1) is 6.52. The molecule has 0 radical (unpaired) electrons. The molecule has 3 heterocycles. The molecule has 3 bridgehead atoms. The highest BCUT2D eigenvalue weighted by atomic mass is 15.4. The van der Waals surface area contributed by atoms with Crippen molar-refractivity contribution in [1.82, 2.24) is 9.80 Å². The standard InChI is InChI=1S/C11H19N3/c1-9-3-13-5-11(9)6-14(7-13)4-10(11,2)8(9)12/h8H,3-7,12H2,1-2H3. The lowest BCUT2D eigenvalue weighted by Gasteiger charge is -2.67. The van der Waals surface area contributed by atoms with E-state index in [1.54, 1.807) is 0 Å². The van der Waals surface area contributed by atoms with Gasteiger partial charge in [0.05, 0.1) is 6.67 Å². The first-order valence-electron chi connectivity index (χ1n) is 5.72. The minimum atomic E-state index is 0.410. The van der Waals surface area contributed by atoms with Crippen LogP contribution in [0.5, 0.6) is 0 Å². The molecule has 14 heavy (non-hydrogen) atoms. The van der Waals surface area contributed by atoms with Gasteiger partial charge in [0.15, 0.2) is 0 Å². The van der Waals surface area contributed by atoms with Gasteiger partial charge in [-0.2, -0.15) is 0 Å². The Labute approximate surface area is 85.2 Å². The zero-order chi connectivity index (χ0) is 9.77. The molecule has 4 aliphatic rings. The molecule has 4 rings (SSSR count). The minimum Gasteiger partial charge on any atom is -0.327 e. The van der Waals surface area contributed by atoms with Crippen LogP contribution < -0.4 is 5.73 Å². The van der Waals surface area contributed by atoms with Crippen molar-refractivity contribution < 1.29 is 0 Å². The molecule has 3 nitrogen and oxygen atoms in total. The highest BCUT2D eigenvalue weighted by Gasteiger charge is 2.81. The predicted molar refractivity (Wildman–Crippen MR) is 54.6 cm³/mol. The van der Waals surface area contributed by atoms with E-state index in [2.05, 4.69) is 23.6 Å². The number of hydrogen-bond donors (Lipinski definition) is 1. The highest BCUT2D eigenvalue weighted by molar-refractivity contribution is 5.33. The number of nitrogens with zero attached hydrogens (tertiary/aromatic N) is 2. The maximum Gasteiger partial charge on any atom is 0.0507 e. The quantitative estimate of drug-likeness (QED) is 0.584. The first-order valence-corrected chi connectivity index (χ1v) is 5.72. The maximum atomic E-state index is 6.44. The topological polar surface area (TPSA) is 32.5 Å². The van der Waals surface area contributed by atoms with E-state index in [1.807, 2.05) is 0 Å². The molecule has 0 aromatic rings. The number of fused-ring (bicyclic) bond motifs is 2. The molecule has 4 fully saturated rings. The molecule has 3 aliphatic heterocycles. The molecule has 1 saturated carbocycles. The molecule has 1 aliphatic carbocycles. The van der Waals surface area contributed by atoms with Crippen molar-refractivity contribution in [2.75, 3.05) is 32.8 Å². The summed E-state index contributed by atoms with van der Waals surface area (Å²) in [5.41, 5.74) is 7.80. The Morgan fingerprint density at radius 1 is 1.00 bits per heavy atom. The molecule has 78 valence electrons. The third-order valence-corrected chi connectivity index (χ3v) is 6.05. The third-order valence-electron chi connectivity index (χ3n) is 6.05. The van der Waals surface area contributed by atoms with E-state index in [9.17, 15) is 0 Å². The second-order valence-corrected chi connectivity index (χ2v) is 6.51. The summed E-state index contributed by atoms with van der Waals surface area (Å²) in [4.78, 5) is 5.23. The van der Waals surface area contributed by atoms with Crippen LogP contribution in [0.3, 0.4) is 0 Å². The van der Waals surface area contributed by atoms with Crippen LogP contribution in [0.1, 0.15) is 13.8 Å². The fraction of sp³-hybridized carbons (Fsp3) is 1.00. The molecule has 4 atom stereocenters. The second kappa shape index (κ2) is 1.79. The zero-order valence-electron chi connectivity index (χ0n) is 9.08. The van der Waals surface area contributed by atoms with Gasteiger partial charge < -0.3 is 5.73 Å². The lowest BCUT2D eigenvalue weighted by molar-refractivity contribution is -0.151. The van der Waals surface area contributed by atoms with Crippen molar-refractivity contribution in [3.05, 3.63) is 0 Å². The van der Waals surface area contributed by atoms with E-state index >= 15 is 0 Å². The highest BCUT2D eigenvalue weighted by Crippen LogP contribution is 2.74. The van der Waals surface area contributed by atoms with Crippen LogP contribution in [0.2, 0.25) is 0 Å². The number of hydrogen-bond acceptors (Lipinski definition) is 3. The predicted octanol–water partition coefficient (Wildman–Crippen LogP) is -0.0714. The van der Waals surface area contributed by atoms with Gasteiger partial charge in [0.2, 0.25) is 0 Å². The lowest BCUT2D eigenvalue weighted by atomic mass is 9.37. The van der Waals surface area contributed by atoms with E-state index in [-0.39, 0.29) is 0 Å². The summed E-state index contributed by atoms with van der Waals surface area (Å²) in [5.74, 6) is 0. The Morgan fingerprint density at radius 2 is 1.50 bits per heavy atom. The molecular formula is C11H19N3. The average Bonchev–Trinajstić information content (AvgIpc) is 2.44. The normalized spacial score (nSPS) is 73.5. The lowest BCUT2D eigenvalue weighted by Crippen LogP contribution is -2.76. The van der Waals surface area contributed by atoms with Crippen molar-refractivity contribution in [3.8, 4) is 0 Å². The Bertz CT molecular complexity index is 298. The summed E-state index contributed by atoms with van der Waals surface area (Å²) in [6.07, 6.45) is 0. The molecular weight excluding hydrogens is 174 g/mol. The van der Waals surface area contributed by atoms with Gasteiger partial charge in [-0.15, -0.1) is 0 Å². The van der Waals surface area contributed by atoms with E-state index in [0.29, 0.717) is 22.3 Å². The van der Waals surface area contributed by atoms with Gasteiger partial charge >= 0.3 is 0 Å². The summed E-state index contributed by atoms with van der Waals surface area (Å²) in [7, 11) is 0. The summed E-state index contributed by atoms with van der Waals surface area (Å²) < 4.78 is 0. The van der Waals surface area contributed by atoms with Crippen LogP contribution in [0.25, 0.3) is 0 Å². The molecule has 0 amide bonds. The smallest absolute Gasteiger partial charge is 0.0507 e. The largest absolute Gasteiger partial charge is 0.327 e. The van der Waals surface area contributed by atoms with Gasteiger partial charge in [-0.05, 0) is 0 Å². The van der Waals surface area contributed by atoms with Gasteiger partial charge in [-0.1, -0.05) is 13.8 Å². The molecule has 3 saturated heterocycles. The van der Waals surface area contributed by atoms with Crippen molar-refractivity contribution in [2.24, 2.45) is 22.0 Å². The zero-order valence-corrected chi connectivity index (χ0v) is 9.08. The van der Waals surface area contributed by atoms with Crippen LogP contribution in [0.15, 0.2) is 0 Å². The van der Waals surface area contributed by atoms with Gasteiger partial charge in [-0.3, -0.25) is 9.80 Å². The molecule has 1 spiro atoms. The van der Waals surface area contributed by atoms with E-state index < -0.39 is 0 Å². The fourth-order valence-corrected chi connectivity index (χ4v) is 5.43. The SMILES string of the molecule is CC12CN3CN4CC(C)(C1N)C2(C3)C4. The number of rotatable bonds is 0. The average molecular weight is 193 g/mol. The van der Waals surface area contributed by atoms with Crippen LogP contribution in [0.4, 0.5) is 0 Å². The molecule has 4 unspecified atom stereocenters. The van der Waals surface area contributed by atoms with E-state index in [1.165, 1.54) is 32.8 Å². The van der Waals surface area contributed by atoms with Gasteiger partial charge in [-0.25, -0.2) is 0 Å². The van der Waals surface area contributed by atoms with E-state index in [0.717, 1.165) is 0 Å². The van der Waals surface area contributed by atoms with E-state index in [4.69, 9.17) is 5.73 Å².